The summed E-state index contributed by atoms with van der Waals surface area (Å²) in [5.74, 6) is 0. The van der Waals surface area contributed by atoms with Crippen LogP contribution in [0.5, 0.6) is 0 Å². The van der Waals surface area contributed by atoms with Crippen LogP contribution in [0.1, 0.15) is 34.1 Å². The van der Waals surface area contributed by atoms with Gasteiger partial charge >= 0.3 is 7.48 Å². The lowest BCUT2D eigenvalue weighted by Gasteiger charge is -2.38. The normalized spacial score (nSPS) is 18.6. The summed E-state index contributed by atoms with van der Waals surface area (Å²) in [4.78, 5) is 0. The van der Waals surface area contributed by atoms with Gasteiger partial charge in [-0.1, -0.05) is 11.5 Å². The lowest BCUT2D eigenvalue weighted by molar-refractivity contribution is -0.0897. The minimum atomic E-state index is -0.855. The minimum absolute atomic E-state index is 0.578. The van der Waals surface area contributed by atoms with Gasteiger partial charge in [-0.15, -0.1) is 0 Å². The van der Waals surface area contributed by atoms with Crippen molar-refractivity contribution in [2.24, 2.45) is 0 Å². The van der Waals surface area contributed by atoms with Crippen LogP contribution in [0, 0.1) is 0 Å². The van der Waals surface area contributed by atoms with Crippen molar-refractivity contribution < 1.29 is 9.76 Å². The van der Waals surface area contributed by atoms with Gasteiger partial charge in [0.15, 0.2) is 0 Å². The molecule has 4 heteroatoms. The zero-order valence-corrected chi connectivity index (χ0v) is 10.1. The number of hydrogen-bond acceptors (Lipinski definition) is 3. The second-order valence-corrected chi connectivity index (χ2v) is 5.05. The van der Waals surface area contributed by atoms with Crippen molar-refractivity contribution in [2.75, 3.05) is 13.1 Å². The maximum atomic E-state index is 9.89. The highest BCUT2D eigenvalue weighted by atomic mass is 16.5. The van der Waals surface area contributed by atoms with Crippen molar-refractivity contribution in [3.05, 3.63) is 11.5 Å². The van der Waals surface area contributed by atoms with E-state index in [1.807, 2.05) is 13.8 Å². The van der Waals surface area contributed by atoms with E-state index in [-0.39, 0.29) is 0 Å². The summed E-state index contributed by atoms with van der Waals surface area (Å²) in [5, 5.41) is 13.2. The first-order valence-electron chi connectivity index (χ1n) is 5.46. The van der Waals surface area contributed by atoms with Gasteiger partial charge in [0.05, 0.1) is 11.2 Å². The molecule has 0 fully saturated rings. The van der Waals surface area contributed by atoms with Crippen LogP contribution in [0.3, 0.4) is 0 Å². The van der Waals surface area contributed by atoms with Crippen molar-refractivity contribution >= 4 is 7.48 Å². The average Bonchev–Trinajstić information content (AvgIpc) is 2.15. The molecule has 0 aliphatic carbocycles. The predicted molar refractivity (Wildman–Crippen MR) is 62.8 cm³/mol. The summed E-state index contributed by atoms with van der Waals surface area (Å²) < 4.78 is 5.65. The highest BCUT2D eigenvalue weighted by molar-refractivity contribution is 6.38. The maximum absolute atomic E-state index is 9.89. The molecule has 1 rings (SSSR count). The number of hydrogen-bond donors (Lipinski definition) is 2. The minimum Gasteiger partial charge on any atom is -0.427 e. The van der Waals surface area contributed by atoms with Crippen LogP contribution in [0.15, 0.2) is 11.5 Å². The van der Waals surface area contributed by atoms with E-state index in [2.05, 4.69) is 11.4 Å². The molecule has 0 bridgehead atoms. The van der Waals surface area contributed by atoms with E-state index in [1.54, 1.807) is 21.3 Å². The molecule has 0 amide bonds. The molecule has 1 radical (unpaired) electrons. The van der Waals surface area contributed by atoms with Crippen LogP contribution in [0.4, 0.5) is 0 Å². The maximum Gasteiger partial charge on any atom is 0.327 e. The van der Waals surface area contributed by atoms with E-state index >= 15 is 0 Å². The Hall–Kier alpha value is -0.315. The van der Waals surface area contributed by atoms with E-state index in [0.717, 1.165) is 25.0 Å². The van der Waals surface area contributed by atoms with Gasteiger partial charge in [-0.05, 0) is 40.7 Å². The van der Waals surface area contributed by atoms with Crippen molar-refractivity contribution in [3.8, 4) is 0 Å². The van der Waals surface area contributed by atoms with Gasteiger partial charge in [0.25, 0.3) is 0 Å². The van der Waals surface area contributed by atoms with Crippen LogP contribution >= 0.6 is 0 Å². The second-order valence-electron chi connectivity index (χ2n) is 5.05. The molecular weight excluding hydrogens is 189 g/mol. The predicted octanol–water partition coefficient (Wildman–Crippen LogP) is 1.05. The Labute approximate surface area is 93.2 Å². The van der Waals surface area contributed by atoms with Crippen LogP contribution in [0.25, 0.3) is 0 Å². The van der Waals surface area contributed by atoms with Gasteiger partial charge < -0.3 is 15.1 Å². The average molecular weight is 210 g/mol. The number of nitrogens with one attached hydrogen (secondary N) is 1. The van der Waals surface area contributed by atoms with Gasteiger partial charge in [-0.3, -0.25) is 0 Å². The Bertz CT molecular complexity index is 243. The first-order chi connectivity index (χ1) is 6.83. The molecule has 1 heterocycles. The third-order valence-electron chi connectivity index (χ3n) is 3.04. The topological polar surface area (TPSA) is 41.5 Å². The number of rotatable bonds is 4. The highest BCUT2D eigenvalue weighted by Crippen LogP contribution is 2.24. The molecule has 0 aromatic carbocycles. The van der Waals surface area contributed by atoms with E-state index in [9.17, 15) is 5.11 Å². The quantitative estimate of drug-likeness (QED) is 0.681. The van der Waals surface area contributed by atoms with Gasteiger partial charge in [0.2, 0.25) is 0 Å². The molecule has 3 nitrogen and oxygen atoms in total. The standard InChI is InChI=1S/C11H21BNO2/c1-10(2,14)11(3,4)15-12-9-6-5-7-13-8-9/h6,13-14H,5,7-8H2,1-4H3. The summed E-state index contributed by atoms with van der Waals surface area (Å²) >= 11 is 0. The molecule has 0 saturated carbocycles. The summed E-state index contributed by atoms with van der Waals surface area (Å²) in [6, 6.07) is 0. The lowest BCUT2D eigenvalue weighted by atomic mass is 9.81. The van der Waals surface area contributed by atoms with Crippen molar-refractivity contribution in [1.82, 2.24) is 5.32 Å². The van der Waals surface area contributed by atoms with E-state index in [0.29, 0.717) is 0 Å². The molecule has 0 saturated heterocycles. The molecule has 2 N–H and O–H groups in total. The van der Waals surface area contributed by atoms with E-state index in [1.165, 1.54) is 0 Å². The third kappa shape index (κ3) is 3.63. The molecule has 85 valence electrons. The zero-order valence-electron chi connectivity index (χ0n) is 10.1. The molecular formula is C11H21BNO2. The molecule has 1 aliphatic rings. The molecule has 15 heavy (non-hydrogen) atoms. The van der Waals surface area contributed by atoms with E-state index in [4.69, 9.17) is 4.65 Å². The Morgan fingerprint density at radius 2 is 2.07 bits per heavy atom. The molecule has 0 spiro atoms. The molecule has 1 aliphatic heterocycles. The fraction of sp³-hybridized carbons (Fsp3) is 0.818. The fourth-order valence-corrected chi connectivity index (χ4v) is 1.12. The van der Waals surface area contributed by atoms with Crippen molar-refractivity contribution in [2.45, 2.75) is 45.3 Å². The van der Waals surface area contributed by atoms with Crippen LogP contribution in [-0.4, -0.2) is 36.9 Å². The monoisotopic (exact) mass is 210 g/mol. The molecule has 0 aromatic rings. The summed E-state index contributed by atoms with van der Waals surface area (Å²) in [6.45, 7) is 9.18. The zero-order chi connectivity index (χ0) is 11.5. The Morgan fingerprint density at radius 3 is 2.53 bits per heavy atom. The van der Waals surface area contributed by atoms with Crippen molar-refractivity contribution in [3.63, 3.8) is 0 Å². The Morgan fingerprint density at radius 1 is 1.40 bits per heavy atom. The highest BCUT2D eigenvalue weighted by Gasteiger charge is 2.35. The lowest BCUT2D eigenvalue weighted by Crippen LogP contribution is -2.48. The van der Waals surface area contributed by atoms with Crippen LogP contribution in [0.2, 0.25) is 0 Å². The largest absolute Gasteiger partial charge is 0.427 e. The molecule has 0 aromatic heterocycles. The molecule has 0 unspecified atom stereocenters. The van der Waals surface area contributed by atoms with Gasteiger partial charge in [-0.2, -0.15) is 0 Å². The smallest absolute Gasteiger partial charge is 0.327 e. The Kier molecular flexibility index (Phi) is 3.98. The second kappa shape index (κ2) is 4.68. The van der Waals surface area contributed by atoms with Gasteiger partial charge in [-0.25, -0.2) is 0 Å². The summed E-state index contributed by atoms with van der Waals surface area (Å²) in [5.41, 5.74) is -0.282. The van der Waals surface area contributed by atoms with Gasteiger partial charge in [0.1, 0.15) is 0 Å². The SMILES string of the molecule is CC(C)(O)C(C)(C)O[B]C1=CCCNC1. The van der Waals surface area contributed by atoms with Gasteiger partial charge in [0, 0.05) is 6.54 Å². The van der Waals surface area contributed by atoms with E-state index < -0.39 is 11.2 Å². The fourth-order valence-electron chi connectivity index (χ4n) is 1.12. The van der Waals surface area contributed by atoms with Crippen LogP contribution in [-0.2, 0) is 4.65 Å². The third-order valence-corrected chi connectivity index (χ3v) is 3.04. The Balaban J connectivity index is 2.45. The van der Waals surface area contributed by atoms with Crippen LogP contribution < -0.4 is 5.32 Å². The first-order valence-corrected chi connectivity index (χ1v) is 5.46. The summed E-state index contributed by atoms with van der Waals surface area (Å²) in [7, 11) is 1.75. The molecule has 0 atom stereocenters. The van der Waals surface area contributed by atoms with Crippen molar-refractivity contribution in [1.29, 1.82) is 0 Å². The summed E-state index contributed by atoms with van der Waals surface area (Å²) in [6.07, 6.45) is 3.20. The number of aliphatic hydroxyl groups is 1. The first kappa shape index (κ1) is 12.8.